The molecule has 1 N–H and O–H groups in total. The SMILES string of the molecule is Cc1csc(NN=Cc2ccc(OC(=O)c3ccccc3Cl)cc2)n1. The molecule has 7 heteroatoms. The number of esters is 1. The second-order valence-electron chi connectivity index (χ2n) is 5.10. The van der Waals surface area contributed by atoms with Crippen LogP contribution in [0.5, 0.6) is 5.75 Å². The van der Waals surface area contributed by atoms with Crippen LogP contribution in [0.25, 0.3) is 0 Å². The van der Waals surface area contributed by atoms with Gasteiger partial charge in [0.2, 0.25) is 5.13 Å². The maximum absolute atomic E-state index is 12.1. The Hall–Kier alpha value is -2.70. The molecule has 3 rings (SSSR count). The highest BCUT2D eigenvalue weighted by molar-refractivity contribution is 7.13. The van der Waals surface area contributed by atoms with Gasteiger partial charge in [-0.2, -0.15) is 5.10 Å². The molecule has 2 aromatic carbocycles. The number of carbonyl (C=O) groups is 1. The molecule has 1 aromatic heterocycles. The maximum Gasteiger partial charge on any atom is 0.345 e. The van der Waals surface area contributed by atoms with Gasteiger partial charge in [0.1, 0.15) is 5.75 Å². The van der Waals surface area contributed by atoms with Gasteiger partial charge in [0.05, 0.1) is 22.5 Å². The fourth-order valence-electron chi connectivity index (χ4n) is 1.98. The summed E-state index contributed by atoms with van der Waals surface area (Å²) >= 11 is 7.48. The standard InChI is InChI=1S/C18H14ClN3O2S/c1-12-11-25-18(21-12)22-20-10-13-6-8-14(9-7-13)24-17(23)15-4-2-3-5-16(15)19/h2-11H,1H3,(H,21,22). The number of aromatic nitrogens is 1. The fourth-order valence-corrected chi connectivity index (χ4v) is 2.83. The van der Waals surface area contributed by atoms with Crippen LogP contribution in [-0.4, -0.2) is 17.2 Å². The molecule has 3 aromatic rings. The summed E-state index contributed by atoms with van der Waals surface area (Å²) in [6.07, 6.45) is 1.66. The summed E-state index contributed by atoms with van der Waals surface area (Å²) in [5.41, 5.74) is 5.01. The van der Waals surface area contributed by atoms with Crippen molar-refractivity contribution in [3.8, 4) is 5.75 Å². The molecule has 0 unspecified atom stereocenters. The molecule has 0 amide bonds. The van der Waals surface area contributed by atoms with Crippen molar-refractivity contribution in [3.05, 3.63) is 75.8 Å². The van der Waals surface area contributed by atoms with Gasteiger partial charge in [-0.05, 0) is 48.9 Å². The first kappa shape index (κ1) is 17.1. The van der Waals surface area contributed by atoms with Crippen LogP contribution in [0.1, 0.15) is 21.6 Å². The smallest absolute Gasteiger partial charge is 0.345 e. The van der Waals surface area contributed by atoms with Crippen LogP contribution >= 0.6 is 22.9 Å². The molecule has 0 saturated carbocycles. The fraction of sp³-hybridized carbons (Fsp3) is 0.0556. The van der Waals surface area contributed by atoms with Gasteiger partial charge in [-0.3, -0.25) is 5.43 Å². The van der Waals surface area contributed by atoms with E-state index in [9.17, 15) is 4.79 Å². The Labute approximate surface area is 153 Å². The van der Waals surface area contributed by atoms with Crippen LogP contribution in [0.3, 0.4) is 0 Å². The van der Waals surface area contributed by atoms with E-state index in [4.69, 9.17) is 16.3 Å². The number of benzene rings is 2. The number of thiazole rings is 1. The van der Waals surface area contributed by atoms with Crippen LogP contribution < -0.4 is 10.2 Å². The first-order chi connectivity index (χ1) is 12.1. The Kier molecular flexibility index (Phi) is 5.42. The van der Waals surface area contributed by atoms with Crippen LogP contribution in [0.15, 0.2) is 59.0 Å². The van der Waals surface area contributed by atoms with Crippen molar-refractivity contribution in [2.24, 2.45) is 5.10 Å². The van der Waals surface area contributed by atoms with Crippen LogP contribution in [0.2, 0.25) is 5.02 Å². The molecule has 0 spiro atoms. The van der Waals surface area contributed by atoms with E-state index >= 15 is 0 Å². The van der Waals surface area contributed by atoms with Crippen molar-refractivity contribution in [1.82, 2.24) is 4.98 Å². The largest absolute Gasteiger partial charge is 0.423 e. The van der Waals surface area contributed by atoms with E-state index in [1.54, 1.807) is 54.7 Å². The highest BCUT2D eigenvalue weighted by Crippen LogP contribution is 2.19. The number of anilines is 1. The number of aryl methyl sites for hydroxylation is 1. The van der Waals surface area contributed by atoms with E-state index in [1.807, 2.05) is 12.3 Å². The summed E-state index contributed by atoms with van der Waals surface area (Å²) in [7, 11) is 0. The molecule has 1 heterocycles. The minimum absolute atomic E-state index is 0.331. The first-order valence-electron chi connectivity index (χ1n) is 7.40. The lowest BCUT2D eigenvalue weighted by atomic mass is 10.2. The molecular formula is C18H14ClN3O2S. The van der Waals surface area contributed by atoms with Crippen molar-refractivity contribution in [1.29, 1.82) is 0 Å². The average Bonchev–Trinajstić information content (AvgIpc) is 3.02. The molecule has 0 fully saturated rings. The molecule has 0 atom stereocenters. The quantitative estimate of drug-likeness (QED) is 0.303. The highest BCUT2D eigenvalue weighted by Gasteiger charge is 2.11. The zero-order valence-electron chi connectivity index (χ0n) is 13.3. The van der Waals surface area contributed by atoms with Crippen LogP contribution in [0.4, 0.5) is 5.13 Å². The topological polar surface area (TPSA) is 63.6 Å². The Bertz CT molecular complexity index is 907. The highest BCUT2D eigenvalue weighted by atomic mass is 35.5. The van der Waals surface area contributed by atoms with Crippen LogP contribution in [-0.2, 0) is 0 Å². The number of nitrogens with zero attached hydrogens (tertiary/aromatic N) is 2. The molecule has 0 radical (unpaired) electrons. The molecule has 0 aliphatic heterocycles. The van der Waals surface area contributed by atoms with Gasteiger partial charge >= 0.3 is 5.97 Å². The van der Waals surface area contributed by atoms with Crippen LogP contribution in [0, 0.1) is 6.92 Å². The van der Waals surface area contributed by atoms with Crippen molar-refractivity contribution in [2.45, 2.75) is 6.92 Å². The molecule has 0 aliphatic carbocycles. The third-order valence-electron chi connectivity index (χ3n) is 3.18. The summed E-state index contributed by atoms with van der Waals surface area (Å²) in [4.78, 5) is 16.4. The van der Waals surface area contributed by atoms with E-state index in [2.05, 4.69) is 15.5 Å². The van der Waals surface area contributed by atoms with Gasteiger partial charge in [0.15, 0.2) is 0 Å². The van der Waals surface area contributed by atoms with Gasteiger partial charge in [-0.15, -0.1) is 11.3 Å². The number of nitrogens with one attached hydrogen (secondary N) is 1. The zero-order chi connectivity index (χ0) is 17.6. The molecule has 0 saturated heterocycles. The number of hydrogen-bond donors (Lipinski definition) is 1. The maximum atomic E-state index is 12.1. The van der Waals surface area contributed by atoms with Gasteiger partial charge in [0.25, 0.3) is 0 Å². The second kappa shape index (κ2) is 7.92. The predicted molar refractivity (Wildman–Crippen MR) is 101 cm³/mol. The number of ether oxygens (including phenoxy) is 1. The summed E-state index contributed by atoms with van der Waals surface area (Å²) in [5, 5.41) is 7.16. The third-order valence-corrected chi connectivity index (χ3v) is 4.37. The Morgan fingerprint density at radius 3 is 2.68 bits per heavy atom. The van der Waals surface area contributed by atoms with Crippen molar-refractivity contribution >= 4 is 40.3 Å². The summed E-state index contributed by atoms with van der Waals surface area (Å²) in [6.45, 7) is 1.92. The van der Waals surface area contributed by atoms with E-state index in [0.717, 1.165) is 16.4 Å². The van der Waals surface area contributed by atoms with Gasteiger partial charge in [-0.25, -0.2) is 9.78 Å². The third kappa shape index (κ3) is 4.65. The number of carbonyl (C=O) groups excluding carboxylic acids is 1. The van der Waals surface area contributed by atoms with Gasteiger partial charge in [0, 0.05) is 5.38 Å². The number of hydrazone groups is 1. The summed E-state index contributed by atoms with van der Waals surface area (Å²) in [5.74, 6) is -0.0570. The van der Waals surface area contributed by atoms with Gasteiger partial charge < -0.3 is 4.74 Å². The first-order valence-corrected chi connectivity index (χ1v) is 8.65. The summed E-state index contributed by atoms with van der Waals surface area (Å²) in [6, 6.07) is 13.8. The number of hydrogen-bond acceptors (Lipinski definition) is 6. The lowest BCUT2D eigenvalue weighted by molar-refractivity contribution is 0.0735. The van der Waals surface area contributed by atoms with Crippen molar-refractivity contribution in [3.63, 3.8) is 0 Å². The number of rotatable bonds is 5. The van der Waals surface area contributed by atoms with Gasteiger partial charge in [-0.1, -0.05) is 23.7 Å². The molecule has 0 aliphatic rings. The minimum atomic E-state index is -0.493. The monoisotopic (exact) mass is 371 g/mol. The average molecular weight is 372 g/mol. The Morgan fingerprint density at radius 2 is 2.00 bits per heavy atom. The second-order valence-corrected chi connectivity index (χ2v) is 6.37. The molecule has 126 valence electrons. The number of halogens is 1. The van der Waals surface area contributed by atoms with Crippen molar-refractivity contribution < 1.29 is 9.53 Å². The van der Waals surface area contributed by atoms with E-state index < -0.39 is 5.97 Å². The van der Waals surface area contributed by atoms with E-state index in [1.165, 1.54) is 11.3 Å². The van der Waals surface area contributed by atoms with E-state index in [-0.39, 0.29) is 0 Å². The lowest BCUT2D eigenvalue weighted by Crippen LogP contribution is -2.08. The zero-order valence-corrected chi connectivity index (χ0v) is 14.8. The minimum Gasteiger partial charge on any atom is -0.423 e. The van der Waals surface area contributed by atoms with E-state index in [0.29, 0.717) is 16.3 Å². The Balaban J connectivity index is 1.60. The normalized spacial score (nSPS) is 10.8. The predicted octanol–water partition coefficient (Wildman–Crippen LogP) is 4.77. The lowest BCUT2D eigenvalue weighted by Gasteiger charge is -2.05. The summed E-state index contributed by atoms with van der Waals surface area (Å²) < 4.78 is 5.32. The Morgan fingerprint density at radius 1 is 1.24 bits per heavy atom. The molecule has 25 heavy (non-hydrogen) atoms. The van der Waals surface area contributed by atoms with Crippen molar-refractivity contribution in [2.75, 3.05) is 5.43 Å². The molecule has 0 bridgehead atoms. The molecular weight excluding hydrogens is 358 g/mol. The molecule has 5 nitrogen and oxygen atoms in total.